The van der Waals surface area contributed by atoms with E-state index in [0.29, 0.717) is 31.1 Å². The number of hydrogen-bond acceptors (Lipinski definition) is 4. The molecule has 0 unspecified atom stereocenters. The number of sulfonamides is 1. The number of fused-ring (bicyclic) bond motifs is 1. The highest BCUT2D eigenvalue weighted by molar-refractivity contribution is 7.89. The smallest absolute Gasteiger partial charge is 0.243 e. The van der Waals surface area contributed by atoms with Crippen LogP contribution in [0.25, 0.3) is 10.8 Å². The van der Waals surface area contributed by atoms with Crippen molar-refractivity contribution in [3.63, 3.8) is 0 Å². The molecule has 5 nitrogen and oxygen atoms in total. The molecule has 2 fully saturated rings. The van der Waals surface area contributed by atoms with Gasteiger partial charge in [0.05, 0.1) is 11.5 Å². The molecule has 0 aromatic heterocycles. The van der Waals surface area contributed by atoms with Crippen LogP contribution >= 0.6 is 0 Å². The monoisotopic (exact) mass is 374 g/mol. The van der Waals surface area contributed by atoms with E-state index in [0.717, 1.165) is 36.5 Å². The predicted molar refractivity (Wildman–Crippen MR) is 103 cm³/mol. The lowest BCUT2D eigenvalue weighted by Crippen LogP contribution is -2.58. The molecule has 1 N–H and O–H groups in total. The third kappa shape index (κ3) is 2.95. The Morgan fingerprint density at radius 2 is 1.58 bits per heavy atom. The number of piperazine rings is 1. The van der Waals surface area contributed by atoms with Crippen molar-refractivity contribution in [2.24, 2.45) is 0 Å². The number of nitrogens with zero attached hydrogens (tertiary/aromatic N) is 2. The highest BCUT2D eigenvalue weighted by Crippen LogP contribution is 2.36. The summed E-state index contributed by atoms with van der Waals surface area (Å²) in [5.41, 5.74) is -0.130. The summed E-state index contributed by atoms with van der Waals surface area (Å²) in [6, 6.07) is 13.1. The van der Waals surface area contributed by atoms with E-state index in [2.05, 4.69) is 4.90 Å². The van der Waals surface area contributed by atoms with Crippen LogP contribution in [0.15, 0.2) is 47.4 Å². The SMILES string of the molecule is O=S(=O)(c1cccc2ccccc12)N1CCN(C2(CO)CCCC2)CC1. The van der Waals surface area contributed by atoms with E-state index in [1.165, 1.54) is 0 Å². The summed E-state index contributed by atoms with van der Waals surface area (Å²) in [6.45, 7) is 2.50. The molecular weight excluding hydrogens is 348 g/mol. The molecule has 1 saturated carbocycles. The number of hydrogen-bond donors (Lipinski definition) is 1. The first-order chi connectivity index (χ1) is 12.6. The Labute approximate surface area is 155 Å². The lowest BCUT2D eigenvalue weighted by atomic mass is 9.95. The van der Waals surface area contributed by atoms with Crippen LogP contribution in [0.3, 0.4) is 0 Å². The zero-order valence-corrected chi connectivity index (χ0v) is 15.8. The minimum atomic E-state index is -3.52. The van der Waals surface area contributed by atoms with Gasteiger partial charge in [-0.05, 0) is 24.3 Å². The standard InChI is InChI=1S/C20H26N2O3S/c23-16-20(10-3-4-11-20)21-12-14-22(15-13-21)26(24,25)19-9-5-7-17-6-1-2-8-18(17)19/h1-2,5-9,23H,3-4,10-16H2. The van der Waals surface area contributed by atoms with Gasteiger partial charge in [0.15, 0.2) is 0 Å². The molecular formula is C20H26N2O3S. The summed E-state index contributed by atoms with van der Waals surface area (Å²) in [4.78, 5) is 2.71. The van der Waals surface area contributed by atoms with Crippen molar-refractivity contribution in [3.05, 3.63) is 42.5 Å². The van der Waals surface area contributed by atoms with Crippen molar-refractivity contribution >= 4 is 20.8 Å². The molecule has 4 rings (SSSR count). The minimum Gasteiger partial charge on any atom is -0.394 e. The van der Waals surface area contributed by atoms with Crippen molar-refractivity contribution in [2.45, 2.75) is 36.1 Å². The molecule has 2 aromatic carbocycles. The molecule has 1 aliphatic heterocycles. The Balaban J connectivity index is 1.57. The van der Waals surface area contributed by atoms with E-state index in [4.69, 9.17) is 0 Å². The molecule has 0 spiro atoms. The average molecular weight is 375 g/mol. The molecule has 2 aliphatic rings. The number of aliphatic hydroxyl groups excluding tert-OH is 1. The summed E-state index contributed by atoms with van der Waals surface area (Å²) >= 11 is 0. The van der Waals surface area contributed by atoms with Crippen molar-refractivity contribution in [1.82, 2.24) is 9.21 Å². The van der Waals surface area contributed by atoms with Crippen molar-refractivity contribution < 1.29 is 13.5 Å². The molecule has 26 heavy (non-hydrogen) atoms. The van der Waals surface area contributed by atoms with Crippen LogP contribution in [-0.4, -0.2) is 61.1 Å². The maximum atomic E-state index is 13.2. The van der Waals surface area contributed by atoms with Crippen LogP contribution in [0.5, 0.6) is 0 Å². The summed E-state index contributed by atoms with van der Waals surface area (Å²) in [5, 5.41) is 11.6. The Kier molecular flexibility index (Phi) is 4.77. The van der Waals surface area contributed by atoms with Gasteiger partial charge in [0.2, 0.25) is 10.0 Å². The van der Waals surface area contributed by atoms with Crippen LogP contribution < -0.4 is 0 Å². The lowest BCUT2D eigenvalue weighted by Gasteiger charge is -2.44. The van der Waals surface area contributed by atoms with E-state index in [9.17, 15) is 13.5 Å². The Morgan fingerprint density at radius 3 is 2.27 bits per heavy atom. The van der Waals surface area contributed by atoms with Gasteiger partial charge in [-0.1, -0.05) is 49.2 Å². The Hall–Kier alpha value is -1.47. The molecule has 0 amide bonds. The summed E-state index contributed by atoms with van der Waals surface area (Å²) in [7, 11) is -3.52. The Morgan fingerprint density at radius 1 is 0.923 bits per heavy atom. The predicted octanol–water partition coefficient (Wildman–Crippen LogP) is 2.45. The van der Waals surface area contributed by atoms with Gasteiger partial charge in [0.1, 0.15) is 0 Å². The zero-order valence-electron chi connectivity index (χ0n) is 15.0. The van der Waals surface area contributed by atoms with Crippen molar-refractivity contribution in [3.8, 4) is 0 Å². The zero-order chi connectivity index (χ0) is 18.2. The molecule has 0 atom stereocenters. The molecule has 1 aliphatic carbocycles. The van der Waals surface area contributed by atoms with Crippen LogP contribution in [0, 0.1) is 0 Å². The number of aliphatic hydroxyl groups is 1. The number of rotatable bonds is 4. The molecule has 6 heteroatoms. The maximum absolute atomic E-state index is 13.2. The van der Waals surface area contributed by atoms with Crippen LogP contribution in [-0.2, 0) is 10.0 Å². The second-order valence-electron chi connectivity index (χ2n) is 7.46. The first-order valence-electron chi connectivity index (χ1n) is 9.41. The average Bonchev–Trinajstić information content (AvgIpc) is 3.18. The maximum Gasteiger partial charge on any atom is 0.243 e. The van der Waals surface area contributed by atoms with Crippen molar-refractivity contribution in [2.75, 3.05) is 32.8 Å². The van der Waals surface area contributed by atoms with E-state index in [1.54, 1.807) is 10.4 Å². The molecule has 0 radical (unpaired) electrons. The third-order valence-corrected chi connectivity index (χ3v) is 8.06. The molecule has 0 bridgehead atoms. The van der Waals surface area contributed by atoms with Gasteiger partial charge >= 0.3 is 0 Å². The Bertz CT molecular complexity index is 878. The molecule has 140 valence electrons. The van der Waals surface area contributed by atoms with Gasteiger partial charge in [0.25, 0.3) is 0 Å². The lowest BCUT2D eigenvalue weighted by molar-refractivity contribution is 0.0127. The third-order valence-electron chi connectivity index (χ3n) is 6.11. The van der Waals surface area contributed by atoms with E-state index in [1.807, 2.05) is 36.4 Å². The fourth-order valence-corrected chi connectivity index (χ4v) is 6.21. The van der Waals surface area contributed by atoms with Gasteiger partial charge in [0, 0.05) is 37.1 Å². The summed E-state index contributed by atoms with van der Waals surface area (Å²) < 4.78 is 28.1. The first-order valence-corrected chi connectivity index (χ1v) is 10.8. The van der Waals surface area contributed by atoms with E-state index in [-0.39, 0.29) is 12.1 Å². The van der Waals surface area contributed by atoms with Crippen molar-refractivity contribution in [1.29, 1.82) is 0 Å². The van der Waals surface area contributed by atoms with Gasteiger partial charge in [-0.3, -0.25) is 4.90 Å². The van der Waals surface area contributed by atoms with Gasteiger partial charge in [-0.2, -0.15) is 4.31 Å². The second kappa shape index (κ2) is 6.93. The fourth-order valence-electron chi connectivity index (χ4n) is 4.57. The normalized spacial score (nSPS) is 22.0. The van der Waals surface area contributed by atoms with Gasteiger partial charge in [-0.15, -0.1) is 0 Å². The van der Waals surface area contributed by atoms with Crippen LogP contribution in [0.4, 0.5) is 0 Å². The second-order valence-corrected chi connectivity index (χ2v) is 9.36. The quantitative estimate of drug-likeness (QED) is 0.893. The van der Waals surface area contributed by atoms with Crippen LogP contribution in [0.1, 0.15) is 25.7 Å². The highest BCUT2D eigenvalue weighted by Gasteiger charge is 2.41. The topological polar surface area (TPSA) is 60.9 Å². The molecule has 2 aromatic rings. The van der Waals surface area contributed by atoms with Gasteiger partial charge < -0.3 is 5.11 Å². The van der Waals surface area contributed by atoms with E-state index < -0.39 is 10.0 Å². The van der Waals surface area contributed by atoms with E-state index >= 15 is 0 Å². The largest absolute Gasteiger partial charge is 0.394 e. The fraction of sp³-hybridized carbons (Fsp3) is 0.500. The van der Waals surface area contributed by atoms with Crippen LogP contribution in [0.2, 0.25) is 0 Å². The molecule has 1 heterocycles. The summed E-state index contributed by atoms with van der Waals surface area (Å²) in [5.74, 6) is 0. The van der Waals surface area contributed by atoms with Gasteiger partial charge in [-0.25, -0.2) is 8.42 Å². The highest BCUT2D eigenvalue weighted by atomic mass is 32.2. The minimum absolute atomic E-state index is 0.130. The summed E-state index contributed by atoms with van der Waals surface area (Å²) in [6.07, 6.45) is 4.32. The first kappa shape index (κ1) is 17.9. The molecule has 1 saturated heterocycles. The number of benzene rings is 2.